The summed E-state index contributed by atoms with van der Waals surface area (Å²) in [6, 6.07) is 47.5. The van der Waals surface area contributed by atoms with E-state index >= 15 is 0 Å². The quantitative estimate of drug-likeness (QED) is 0.230. The number of para-hydroxylation sites is 1. The van der Waals surface area contributed by atoms with Crippen molar-refractivity contribution in [3.05, 3.63) is 140 Å². The number of fused-ring (bicyclic) bond motifs is 5. The standard InChI is InChI=1S/C37H23N3O/c1-3-11-24(12-4-1)28-15-7-8-16-30(28)37-39-35(25-13-5-2-6-14-25)38-36(40-37)27-19-21-29-26(23-27)20-22-33-34(29)31-17-9-10-18-32(31)41-33/h1-23H. The second-order valence-corrected chi connectivity index (χ2v) is 10.1. The van der Waals surface area contributed by atoms with Crippen LogP contribution >= 0.6 is 0 Å². The highest BCUT2D eigenvalue weighted by Gasteiger charge is 2.16. The lowest BCUT2D eigenvalue weighted by Crippen LogP contribution is -2.01. The largest absolute Gasteiger partial charge is 0.456 e. The van der Waals surface area contributed by atoms with E-state index in [1.165, 1.54) is 0 Å². The van der Waals surface area contributed by atoms with Gasteiger partial charge in [0.2, 0.25) is 0 Å². The third-order valence-electron chi connectivity index (χ3n) is 7.54. The first-order valence-corrected chi connectivity index (χ1v) is 13.6. The second-order valence-electron chi connectivity index (χ2n) is 10.1. The van der Waals surface area contributed by atoms with Crippen LogP contribution in [0.4, 0.5) is 0 Å². The molecule has 0 radical (unpaired) electrons. The summed E-state index contributed by atoms with van der Waals surface area (Å²) in [5.74, 6) is 1.92. The maximum Gasteiger partial charge on any atom is 0.164 e. The van der Waals surface area contributed by atoms with Gasteiger partial charge in [0.1, 0.15) is 11.2 Å². The fourth-order valence-electron chi connectivity index (χ4n) is 5.58. The molecule has 0 bridgehead atoms. The molecule has 2 heterocycles. The van der Waals surface area contributed by atoms with Gasteiger partial charge in [-0.05, 0) is 40.1 Å². The molecule has 192 valence electrons. The maximum absolute atomic E-state index is 6.12. The normalized spacial score (nSPS) is 11.4. The van der Waals surface area contributed by atoms with E-state index in [9.17, 15) is 0 Å². The van der Waals surface area contributed by atoms with Crippen LogP contribution in [-0.2, 0) is 0 Å². The predicted molar refractivity (Wildman–Crippen MR) is 166 cm³/mol. The van der Waals surface area contributed by atoms with E-state index in [0.717, 1.165) is 60.5 Å². The van der Waals surface area contributed by atoms with Crippen molar-refractivity contribution in [1.82, 2.24) is 15.0 Å². The van der Waals surface area contributed by atoms with Crippen LogP contribution in [0.2, 0.25) is 0 Å². The Bertz CT molecular complexity index is 2200. The molecule has 0 fully saturated rings. The van der Waals surface area contributed by atoms with E-state index in [1.54, 1.807) is 0 Å². The van der Waals surface area contributed by atoms with Crippen molar-refractivity contribution in [2.75, 3.05) is 0 Å². The molecule has 4 nitrogen and oxygen atoms in total. The summed E-state index contributed by atoms with van der Waals surface area (Å²) in [6.07, 6.45) is 0. The van der Waals surface area contributed by atoms with E-state index in [4.69, 9.17) is 19.4 Å². The van der Waals surface area contributed by atoms with E-state index in [0.29, 0.717) is 17.5 Å². The van der Waals surface area contributed by atoms with Crippen LogP contribution in [0.3, 0.4) is 0 Å². The lowest BCUT2D eigenvalue weighted by atomic mass is 9.99. The SMILES string of the molecule is c1ccc(-c2nc(-c3ccc4c(ccc5oc6ccccc6c54)c3)nc(-c3ccccc3-c3ccccc3)n2)cc1. The number of hydrogen-bond donors (Lipinski definition) is 0. The summed E-state index contributed by atoms with van der Waals surface area (Å²) in [6.45, 7) is 0. The van der Waals surface area contributed by atoms with Gasteiger partial charge in [-0.2, -0.15) is 0 Å². The zero-order valence-corrected chi connectivity index (χ0v) is 22.0. The highest BCUT2D eigenvalue weighted by molar-refractivity contribution is 6.19. The number of furan rings is 1. The van der Waals surface area contributed by atoms with Crippen LogP contribution in [-0.4, -0.2) is 15.0 Å². The minimum absolute atomic E-state index is 0.635. The van der Waals surface area contributed by atoms with Crippen LogP contribution in [0.15, 0.2) is 144 Å². The highest BCUT2D eigenvalue weighted by atomic mass is 16.3. The van der Waals surface area contributed by atoms with Gasteiger partial charge >= 0.3 is 0 Å². The molecule has 0 aliphatic carbocycles. The van der Waals surface area contributed by atoms with Crippen LogP contribution in [0.1, 0.15) is 0 Å². The van der Waals surface area contributed by atoms with Gasteiger partial charge in [0, 0.05) is 27.5 Å². The molecule has 0 unspecified atom stereocenters. The summed E-state index contributed by atoms with van der Waals surface area (Å²) in [4.78, 5) is 15.0. The minimum Gasteiger partial charge on any atom is -0.456 e. The molecule has 0 N–H and O–H groups in total. The summed E-state index contributed by atoms with van der Waals surface area (Å²) < 4.78 is 6.12. The first kappa shape index (κ1) is 23.3. The smallest absolute Gasteiger partial charge is 0.164 e. The Balaban J connectivity index is 1.34. The van der Waals surface area contributed by atoms with Crippen molar-refractivity contribution in [1.29, 1.82) is 0 Å². The maximum atomic E-state index is 6.12. The van der Waals surface area contributed by atoms with Crippen molar-refractivity contribution in [2.45, 2.75) is 0 Å². The van der Waals surface area contributed by atoms with Crippen LogP contribution in [0.5, 0.6) is 0 Å². The predicted octanol–water partition coefficient (Wildman–Crippen LogP) is 9.59. The summed E-state index contributed by atoms with van der Waals surface area (Å²) in [7, 11) is 0. The molecule has 0 saturated carbocycles. The molecule has 0 amide bonds. The molecule has 4 heteroatoms. The van der Waals surface area contributed by atoms with Crippen molar-refractivity contribution >= 4 is 32.7 Å². The molecule has 0 atom stereocenters. The fraction of sp³-hybridized carbons (Fsp3) is 0. The van der Waals surface area contributed by atoms with Gasteiger partial charge in [0.25, 0.3) is 0 Å². The van der Waals surface area contributed by atoms with Crippen LogP contribution < -0.4 is 0 Å². The van der Waals surface area contributed by atoms with Gasteiger partial charge in [-0.15, -0.1) is 0 Å². The molecule has 41 heavy (non-hydrogen) atoms. The number of benzene rings is 6. The Morgan fingerprint density at radius 2 is 1.02 bits per heavy atom. The van der Waals surface area contributed by atoms with Gasteiger partial charge in [-0.25, -0.2) is 15.0 Å². The molecule has 0 spiro atoms. The Morgan fingerprint density at radius 1 is 0.390 bits per heavy atom. The molecule has 0 saturated heterocycles. The molecule has 8 rings (SSSR count). The lowest BCUT2D eigenvalue weighted by molar-refractivity contribution is 0.669. The van der Waals surface area contributed by atoms with Gasteiger partial charge in [-0.3, -0.25) is 0 Å². The Morgan fingerprint density at radius 3 is 1.83 bits per heavy atom. The first-order valence-electron chi connectivity index (χ1n) is 13.6. The summed E-state index contributed by atoms with van der Waals surface area (Å²) >= 11 is 0. The zero-order valence-electron chi connectivity index (χ0n) is 22.0. The van der Waals surface area contributed by atoms with Crippen molar-refractivity contribution in [2.24, 2.45) is 0 Å². The molecule has 0 aliphatic rings. The van der Waals surface area contributed by atoms with Crippen molar-refractivity contribution in [3.8, 4) is 45.3 Å². The van der Waals surface area contributed by atoms with Gasteiger partial charge in [0.15, 0.2) is 17.5 Å². The van der Waals surface area contributed by atoms with E-state index in [1.807, 2.05) is 60.7 Å². The Labute approximate surface area is 236 Å². The fourth-order valence-corrected chi connectivity index (χ4v) is 5.58. The van der Waals surface area contributed by atoms with E-state index in [-0.39, 0.29) is 0 Å². The van der Waals surface area contributed by atoms with Crippen LogP contribution in [0, 0.1) is 0 Å². The van der Waals surface area contributed by atoms with E-state index < -0.39 is 0 Å². The molecule has 2 aromatic heterocycles. The lowest BCUT2D eigenvalue weighted by Gasteiger charge is -2.12. The summed E-state index contributed by atoms with van der Waals surface area (Å²) in [5.41, 5.74) is 6.82. The first-order chi connectivity index (χ1) is 20.3. The monoisotopic (exact) mass is 525 g/mol. The molecular formula is C37H23N3O. The number of rotatable bonds is 4. The number of hydrogen-bond acceptors (Lipinski definition) is 4. The minimum atomic E-state index is 0.635. The van der Waals surface area contributed by atoms with Gasteiger partial charge in [-0.1, -0.05) is 121 Å². The Hall–Kier alpha value is -5.61. The average molecular weight is 526 g/mol. The number of aromatic nitrogens is 3. The van der Waals surface area contributed by atoms with Crippen molar-refractivity contribution in [3.63, 3.8) is 0 Å². The Kier molecular flexibility index (Phi) is 5.42. The zero-order chi connectivity index (χ0) is 27.2. The molecule has 6 aromatic carbocycles. The van der Waals surface area contributed by atoms with Gasteiger partial charge < -0.3 is 4.42 Å². The third kappa shape index (κ3) is 4.05. The molecule has 8 aromatic rings. The summed E-state index contributed by atoms with van der Waals surface area (Å²) in [5, 5.41) is 4.49. The van der Waals surface area contributed by atoms with Gasteiger partial charge in [0.05, 0.1) is 0 Å². The van der Waals surface area contributed by atoms with Crippen molar-refractivity contribution < 1.29 is 4.42 Å². The third-order valence-corrected chi connectivity index (χ3v) is 7.54. The topological polar surface area (TPSA) is 51.8 Å². The number of nitrogens with zero attached hydrogens (tertiary/aromatic N) is 3. The van der Waals surface area contributed by atoms with E-state index in [2.05, 4.69) is 78.9 Å². The average Bonchev–Trinajstić information content (AvgIpc) is 3.44. The highest BCUT2D eigenvalue weighted by Crippen LogP contribution is 2.37. The second kappa shape index (κ2) is 9.54. The van der Waals surface area contributed by atoms with Crippen LogP contribution in [0.25, 0.3) is 78.0 Å². The molecular weight excluding hydrogens is 502 g/mol. The molecule has 0 aliphatic heterocycles.